The molecule has 2 heterocycles. The molecule has 1 aromatic carbocycles. The van der Waals surface area contributed by atoms with Crippen molar-refractivity contribution >= 4 is 22.9 Å². The van der Waals surface area contributed by atoms with Crippen LogP contribution in [0.2, 0.25) is 0 Å². The Morgan fingerprint density at radius 3 is 3.05 bits per heavy atom. The molecule has 1 aromatic heterocycles. The summed E-state index contributed by atoms with van der Waals surface area (Å²) in [5.41, 5.74) is 3.99. The van der Waals surface area contributed by atoms with E-state index in [-0.39, 0.29) is 5.91 Å². The molecule has 116 valence electrons. The van der Waals surface area contributed by atoms with Crippen LogP contribution in [-0.4, -0.2) is 25.0 Å². The van der Waals surface area contributed by atoms with E-state index in [9.17, 15) is 4.79 Å². The maximum absolute atomic E-state index is 12.0. The van der Waals surface area contributed by atoms with E-state index < -0.39 is 0 Å². The lowest BCUT2D eigenvalue weighted by molar-refractivity contribution is -0.121. The molecule has 0 fully saturated rings. The number of hydrogen-bond donors (Lipinski definition) is 1. The average Bonchev–Trinajstić information content (AvgIpc) is 3.19. The largest absolute Gasteiger partial charge is 0.366 e. The highest BCUT2D eigenvalue weighted by atomic mass is 32.1. The van der Waals surface area contributed by atoms with Crippen LogP contribution in [0.5, 0.6) is 0 Å². The van der Waals surface area contributed by atoms with Crippen LogP contribution < -0.4 is 10.2 Å². The minimum Gasteiger partial charge on any atom is -0.366 e. The number of thiophene rings is 1. The van der Waals surface area contributed by atoms with E-state index in [1.807, 2.05) is 0 Å². The Hall–Kier alpha value is -1.81. The first-order valence-corrected chi connectivity index (χ1v) is 8.80. The minimum absolute atomic E-state index is 0.144. The van der Waals surface area contributed by atoms with Gasteiger partial charge in [-0.15, -0.1) is 0 Å². The molecule has 0 saturated carbocycles. The van der Waals surface area contributed by atoms with Crippen molar-refractivity contribution in [2.24, 2.45) is 0 Å². The van der Waals surface area contributed by atoms with Gasteiger partial charge in [0, 0.05) is 31.2 Å². The zero-order chi connectivity index (χ0) is 15.4. The number of fused-ring (bicyclic) bond motifs is 1. The van der Waals surface area contributed by atoms with E-state index in [0.717, 1.165) is 19.4 Å². The number of nitrogens with one attached hydrogen (secondary N) is 1. The summed E-state index contributed by atoms with van der Waals surface area (Å²) < 4.78 is 0. The number of amides is 1. The third-order valence-corrected chi connectivity index (χ3v) is 5.00. The maximum Gasteiger partial charge on any atom is 0.220 e. The number of rotatable bonds is 6. The number of carbonyl (C=O) groups is 1. The van der Waals surface area contributed by atoms with Crippen LogP contribution in [0.3, 0.4) is 0 Å². The number of para-hydroxylation sites is 1. The molecule has 3 rings (SSSR count). The summed E-state index contributed by atoms with van der Waals surface area (Å²) in [5.74, 6) is 0.144. The van der Waals surface area contributed by atoms with Crippen molar-refractivity contribution in [1.82, 2.24) is 5.32 Å². The number of carbonyl (C=O) groups excluding carboxylic acids is 1. The highest BCUT2D eigenvalue weighted by Gasteiger charge is 2.22. The maximum atomic E-state index is 12.0. The highest BCUT2D eigenvalue weighted by Crippen LogP contribution is 2.28. The second-order valence-corrected chi connectivity index (χ2v) is 6.64. The summed E-state index contributed by atoms with van der Waals surface area (Å²) in [6, 6.07) is 11.0. The molecule has 0 radical (unpaired) electrons. The number of benzene rings is 1. The van der Waals surface area contributed by atoms with Crippen LogP contribution in [0.4, 0.5) is 5.69 Å². The average molecular weight is 314 g/mol. The van der Waals surface area contributed by atoms with Crippen LogP contribution >= 0.6 is 11.3 Å². The van der Waals surface area contributed by atoms with Crippen LogP contribution in [0, 0.1) is 0 Å². The molecule has 1 aliphatic heterocycles. The highest BCUT2D eigenvalue weighted by molar-refractivity contribution is 7.07. The zero-order valence-electron chi connectivity index (χ0n) is 12.9. The van der Waals surface area contributed by atoms with Gasteiger partial charge in [-0.05, 0) is 53.8 Å². The molecular weight excluding hydrogens is 292 g/mol. The molecule has 0 bridgehead atoms. The molecule has 1 amide bonds. The zero-order valence-corrected chi connectivity index (χ0v) is 13.7. The third kappa shape index (κ3) is 3.50. The third-order valence-electron chi connectivity index (χ3n) is 4.27. The van der Waals surface area contributed by atoms with E-state index >= 15 is 0 Å². The second kappa shape index (κ2) is 6.97. The molecule has 0 saturated heterocycles. The molecule has 4 heteroatoms. The minimum atomic E-state index is 0.144. The van der Waals surface area contributed by atoms with Gasteiger partial charge in [-0.2, -0.15) is 11.3 Å². The van der Waals surface area contributed by atoms with E-state index in [2.05, 4.69) is 58.2 Å². The van der Waals surface area contributed by atoms with Crippen molar-refractivity contribution < 1.29 is 4.79 Å². The number of hydrogen-bond acceptors (Lipinski definition) is 3. The molecule has 3 nitrogen and oxygen atoms in total. The first kappa shape index (κ1) is 15.1. The first-order chi connectivity index (χ1) is 10.7. The molecule has 1 atom stereocenters. The van der Waals surface area contributed by atoms with Gasteiger partial charge in [0.1, 0.15) is 0 Å². The van der Waals surface area contributed by atoms with Crippen molar-refractivity contribution in [2.75, 3.05) is 18.0 Å². The van der Waals surface area contributed by atoms with Gasteiger partial charge in [0.25, 0.3) is 0 Å². The lowest BCUT2D eigenvalue weighted by atomic mass is 10.1. The Kier molecular flexibility index (Phi) is 4.78. The van der Waals surface area contributed by atoms with Gasteiger partial charge >= 0.3 is 0 Å². The standard InChI is InChI=1S/C18H22N2OS/c1-14(20-10-8-16-4-2-3-5-17(16)20)12-19-18(21)7-6-15-9-11-22-13-15/h2-5,9,11,13-14H,6-8,10,12H2,1H3,(H,19,21)/t14-/m1/s1. The van der Waals surface area contributed by atoms with Gasteiger partial charge in [0.05, 0.1) is 0 Å². The topological polar surface area (TPSA) is 32.3 Å². The van der Waals surface area contributed by atoms with Gasteiger partial charge < -0.3 is 10.2 Å². The SMILES string of the molecule is C[C@H](CNC(=O)CCc1ccsc1)N1CCc2ccccc21. The molecule has 22 heavy (non-hydrogen) atoms. The van der Waals surface area contributed by atoms with Crippen molar-refractivity contribution in [3.05, 3.63) is 52.2 Å². The second-order valence-electron chi connectivity index (χ2n) is 5.86. The van der Waals surface area contributed by atoms with E-state index in [1.54, 1.807) is 11.3 Å². The smallest absolute Gasteiger partial charge is 0.220 e. The van der Waals surface area contributed by atoms with Crippen molar-refractivity contribution in [3.8, 4) is 0 Å². The predicted molar refractivity (Wildman–Crippen MR) is 92.6 cm³/mol. The van der Waals surface area contributed by atoms with E-state index in [1.165, 1.54) is 16.8 Å². The van der Waals surface area contributed by atoms with Crippen LogP contribution in [0.1, 0.15) is 24.5 Å². The van der Waals surface area contributed by atoms with Gasteiger partial charge in [0.15, 0.2) is 0 Å². The Labute approximate surface area is 136 Å². The Balaban J connectivity index is 1.46. The lowest BCUT2D eigenvalue weighted by Crippen LogP contribution is -2.41. The summed E-state index contributed by atoms with van der Waals surface area (Å²) in [6.07, 6.45) is 2.50. The molecule has 0 aliphatic carbocycles. The first-order valence-electron chi connectivity index (χ1n) is 7.86. The van der Waals surface area contributed by atoms with Crippen LogP contribution in [0.15, 0.2) is 41.1 Å². The van der Waals surface area contributed by atoms with Gasteiger partial charge in [-0.25, -0.2) is 0 Å². The fourth-order valence-electron chi connectivity index (χ4n) is 2.97. The van der Waals surface area contributed by atoms with Crippen molar-refractivity contribution in [2.45, 2.75) is 32.2 Å². The quantitative estimate of drug-likeness (QED) is 0.888. The molecule has 1 aliphatic rings. The number of nitrogens with zero attached hydrogens (tertiary/aromatic N) is 1. The number of aryl methyl sites for hydroxylation is 1. The fraction of sp³-hybridized carbons (Fsp3) is 0.389. The molecule has 0 unspecified atom stereocenters. The van der Waals surface area contributed by atoms with E-state index in [0.29, 0.717) is 19.0 Å². The van der Waals surface area contributed by atoms with Gasteiger partial charge in [-0.3, -0.25) is 4.79 Å². The monoisotopic (exact) mass is 314 g/mol. The summed E-state index contributed by atoms with van der Waals surface area (Å²) in [5, 5.41) is 7.24. The molecular formula is C18H22N2OS. The Bertz CT molecular complexity index is 624. The normalized spacial score (nSPS) is 14.7. The van der Waals surface area contributed by atoms with Crippen LogP contribution in [0.25, 0.3) is 0 Å². The Morgan fingerprint density at radius 2 is 2.23 bits per heavy atom. The van der Waals surface area contributed by atoms with Crippen molar-refractivity contribution in [1.29, 1.82) is 0 Å². The van der Waals surface area contributed by atoms with Crippen molar-refractivity contribution in [3.63, 3.8) is 0 Å². The molecule has 2 aromatic rings. The summed E-state index contributed by atoms with van der Waals surface area (Å²) in [7, 11) is 0. The van der Waals surface area contributed by atoms with E-state index in [4.69, 9.17) is 0 Å². The van der Waals surface area contributed by atoms with Gasteiger partial charge in [0.2, 0.25) is 5.91 Å². The Morgan fingerprint density at radius 1 is 1.36 bits per heavy atom. The summed E-state index contributed by atoms with van der Waals surface area (Å²) >= 11 is 1.68. The predicted octanol–water partition coefficient (Wildman–Crippen LogP) is 3.25. The lowest BCUT2D eigenvalue weighted by Gasteiger charge is -2.27. The van der Waals surface area contributed by atoms with Crippen LogP contribution in [-0.2, 0) is 17.6 Å². The number of anilines is 1. The summed E-state index contributed by atoms with van der Waals surface area (Å²) in [4.78, 5) is 14.4. The molecule has 0 spiro atoms. The summed E-state index contributed by atoms with van der Waals surface area (Å²) in [6.45, 7) is 3.93. The van der Waals surface area contributed by atoms with Gasteiger partial charge in [-0.1, -0.05) is 18.2 Å². The molecule has 1 N–H and O–H groups in total. The fourth-order valence-corrected chi connectivity index (χ4v) is 3.68.